The van der Waals surface area contributed by atoms with Gasteiger partial charge in [0.2, 0.25) is 5.95 Å². The van der Waals surface area contributed by atoms with Crippen LogP contribution in [0, 0.1) is 0 Å². The topological polar surface area (TPSA) is 83.8 Å². The normalized spacial score (nSPS) is 19.8. The van der Waals surface area contributed by atoms with Gasteiger partial charge >= 0.3 is 0 Å². The summed E-state index contributed by atoms with van der Waals surface area (Å²) < 4.78 is 2.37. The SMILES string of the molecule is C[C@@H]1CN(c2ccc(Nc3ncc4c5ccncc5n(C5CCCC5)c4n3)nc2)CCN1. The van der Waals surface area contributed by atoms with Gasteiger partial charge in [-0.1, -0.05) is 12.8 Å². The lowest BCUT2D eigenvalue weighted by atomic mass is 10.2. The number of nitrogens with one attached hydrogen (secondary N) is 2. The monoisotopic (exact) mass is 428 g/mol. The van der Waals surface area contributed by atoms with Gasteiger partial charge in [-0.05, 0) is 38.0 Å². The Bertz CT molecular complexity index is 1240. The number of hydrogen-bond acceptors (Lipinski definition) is 7. The highest BCUT2D eigenvalue weighted by molar-refractivity contribution is 6.06. The molecule has 0 spiro atoms. The molecule has 1 saturated carbocycles. The molecule has 5 heterocycles. The first-order chi connectivity index (χ1) is 15.8. The number of aromatic nitrogens is 5. The largest absolute Gasteiger partial charge is 0.367 e. The van der Waals surface area contributed by atoms with Crippen LogP contribution in [0.15, 0.2) is 43.0 Å². The minimum Gasteiger partial charge on any atom is -0.367 e. The van der Waals surface area contributed by atoms with E-state index in [2.05, 4.69) is 54.1 Å². The number of piperazine rings is 1. The lowest BCUT2D eigenvalue weighted by molar-refractivity contribution is 0.484. The van der Waals surface area contributed by atoms with E-state index in [9.17, 15) is 0 Å². The first-order valence-corrected chi connectivity index (χ1v) is 11.6. The first kappa shape index (κ1) is 19.4. The van der Waals surface area contributed by atoms with E-state index in [1.807, 2.05) is 30.9 Å². The summed E-state index contributed by atoms with van der Waals surface area (Å²) in [7, 11) is 0. The first-order valence-electron chi connectivity index (χ1n) is 11.6. The average Bonchev–Trinajstić information content (AvgIpc) is 3.45. The standard InChI is InChI=1S/C24H28N8/c1-16-15-31(11-10-26-16)18-6-7-22(27-12-18)29-24-28-13-20-19-8-9-25-14-21(19)32(23(20)30-24)17-4-2-3-5-17/h6-9,12-14,16-17,26H,2-5,10-11,15H2,1H3,(H,27,28,29,30)/t16-/m1/s1. The van der Waals surface area contributed by atoms with Crippen molar-refractivity contribution in [1.29, 1.82) is 0 Å². The van der Waals surface area contributed by atoms with Crippen LogP contribution in [0.2, 0.25) is 0 Å². The molecule has 164 valence electrons. The summed E-state index contributed by atoms with van der Waals surface area (Å²) >= 11 is 0. The Morgan fingerprint density at radius 3 is 2.75 bits per heavy atom. The van der Waals surface area contributed by atoms with Crippen molar-refractivity contribution >= 4 is 39.4 Å². The zero-order chi connectivity index (χ0) is 21.5. The van der Waals surface area contributed by atoms with Crippen molar-refractivity contribution in [2.75, 3.05) is 29.9 Å². The predicted octanol–water partition coefficient (Wildman–Crippen LogP) is 4.03. The molecular formula is C24H28N8. The third kappa shape index (κ3) is 3.44. The lowest BCUT2D eigenvalue weighted by Crippen LogP contribution is -2.49. The van der Waals surface area contributed by atoms with E-state index in [1.54, 1.807) is 0 Å². The van der Waals surface area contributed by atoms with Crippen molar-refractivity contribution < 1.29 is 0 Å². The summed E-state index contributed by atoms with van der Waals surface area (Å²) in [5, 5.41) is 9.03. The Morgan fingerprint density at radius 2 is 1.94 bits per heavy atom. The van der Waals surface area contributed by atoms with Crippen molar-refractivity contribution in [3.05, 3.63) is 43.0 Å². The average molecular weight is 429 g/mol. The molecule has 0 bridgehead atoms. The fourth-order valence-electron chi connectivity index (χ4n) is 5.19. The van der Waals surface area contributed by atoms with Gasteiger partial charge in [0, 0.05) is 54.9 Å². The van der Waals surface area contributed by atoms with E-state index in [0.29, 0.717) is 18.0 Å². The molecule has 1 aliphatic heterocycles. The fraction of sp³-hybridized carbons (Fsp3) is 0.417. The van der Waals surface area contributed by atoms with Crippen LogP contribution < -0.4 is 15.5 Å². The van der Waals surface area contributed by atoms with Crippen molar-refractivity contribution in [2.24, 2.45) is 0 Å². The van der Waals surface area contributed by atoms with Crippen LogP contribution in [-0.2, 0) is 0 Å². The Balaban J connectivity index is 1.31. The van der Waals surface area contributed by atoms with Crippen LogP contribution in [0.25, 0.3) is 21.9 Å². The van der Waals surface area contributed by atoms with Crippen LogP contribution in [0.3, 0.4) is 0 Å². The van der Waals surface area contributed by atoms with Gasteiger partial charge in [-0.15, -0.1) is 0 Å². The van der Waals surface area contributed by atoms with Crippen molar-refractivity contribution in [3.8, 4) is 0 Å². The maximum Gasteiger partial charge on any atom is 0.230 e. The highest BCUT2D eigenvalue weighted by Crippen LogP contribution is 2.37. The fourth-order valence-corrected chi connectivity index (χ4v) is 5.19. The molecule has 2 N–H and O–H groups in total. The van der Waals surface area contributed by atoms with E-state index in [0.717, 1.165) is 47.7 Å². The van der Waals surface area contributed by atoms with Gasteiger partial charge in [0.25, 0.3) is 0 Å². The molecule has 2 fully saturated rings. The molecule has 6 rings (SSSR count). The molecule has 32 heavy (non-hydrogen) atoms. The molecule has 1 atom stereocenters. The molecule has 1 saturated heterocycles. The van der Waals surface area contributed by atoms with Gasteiger partial charge in [0.05, 0.1) is 23.6 Å². The molecule has 0 aromatic carbocycles. The van der Waals surface area contributed by atoms with Crippen LogP contribution in [0.5, 0.6) is 0 Å². The number of nitrogens with zero attached hydrogens (tertiary/aromatic N) is 6. The summed E-state index contributed by atoms with van der Waals surface area (Å²) in [4.78, 5) is 20.9. The smallest absolute Gasteiger partial charge is 0.230 e. The summed E-state index contributed by atoms with van der Waals surface area (Å²) in [6, 6.07) is 7.15. The van der Waals surface area contributed by atoms with E-state index >= 15 is 0 Å². The van der Waals surface area contributed by atoms with Crippen molar-refractivity contribution in [2.45, 2.75) is 44.7 Å². The Labute approximate surface area is 187 Å². The van der Waals surface area contributed by atoms with Crippen molar-refractivity contribution in [3.63, 3.8) is 0 Å². The molecule has 4 aromatic rings. The molecule has 0 unspecified atom stereocenters. The minimum atomic E-state index is 0.473. The molecule has 0 amide bonds. The van der Waals surface area contributed by atoms with Gasteiger partial charge in [0.1, 0.15) is 11.5 Å². The van der Waals surface area contributed by atoms with E-state index < -0.39 is 0 Å². The summed E-state index contributed by atoms with van der Waals surface area (Å²) in [6.45, 7) is 5.21. The van der Waals surface area contributed by atoms with Gasteiger partial charge in [-0.25, -0.2) is 9.97 Å². The maximum absolute atomic E-state index is 4.93. The van der Waals surface area contributed by atoms with Crippen LogP contribution >= 0.6 is 0 Å². The molecule has 1 aliphatic carbocycles. The van der Waals surface area contributed by atoms with Gasteiger partial charge in [0.15, 0.2) is 0 Å². The second-order valence-electron chi connectivity index (χ2n) is 8.96. The highest BCUT2D eigenvalue weighted by atomic mass is 15.2. The number of hydrogen-bond donors (Lipinski definition) is 2. The van der Waals surface area contributed by atoms with E-state index in [1.165, 1.54) is 31.1 Å². The Morgan fingerprint density at radius 1 is 1.03 bits per heavy atom. The predicted molar refractivity (Wildman–Crippen MR) is 128 cm³/mol. The van der Waals surface area contributed by atoms with Gasteiger partial charge in [-0.2, -0.15) is 4.98 Å². The Kier molecular flexibility index (Phi) is 4.87. The third-order valence-corrected chi connectivity index (χ3v) is 6.76. The third-order valence-electron chi connectivity index (χ3n) is 6.76. The second-order valence-corrected chi connectivity index (χ2v) is 8.96. The van der Waals surface area contributed by atoms with Gasteiger partial charge < -0.3 is 20.1 Å². The zero-order valence-corrected chi connectivity index (χ0v) is 18.3. The maximum atomic E-state index is 4.93. The second kappa shape index (κ2) is 8.02. The number of anilines is 3. The van der Waals surface area contributed by atoms with Crippen LogP contribution in [0.4, 0.5) is 17.5 Å². The summed E-state index contributed by atoms with van der Waals surface area (Å²) in [6.07, 6.45) is 12.6. The van der Waals surface area contributed by atoms with Crippen LogP contribution in [-0.4, -0.2) is 50.2 Å². The van der Waals surface area contributed by atoms with Crippen LogP contribution in [0.1, 0.15) is 38.6 Å². The number of fused-ring (bicyclic) bond motifs is 3. The quantitative estimate of drug-likeness (QED) is 0.508. The zero-order valence-electron chi connectivity index (χ0n) is 18.3. The molecule has 4 aromatic heterocycles. The molecule has 0 radical (unpaired) electrons. The highest BCUT2D eigenvalue weighted by Gasteiger charge is 2.23. The van der Waals surface area contributed by atoms with Crippen molar-refractivity contribution in [1.82, 2.24) is 29.8 Å². The minimum absolute atomic E-state index is 0.473. The number of rotatable bonds is 4. The molecule has 8 nitrogen and oxygen atoms in total. The summed E-state index contributed by atoms with van der Waals surface area (Å²) in [5.74, 6) is 1.32. The Hall–Kier alpha value is -3.26. The molecule has 8 heteroatoms. The van der Waals surface area contributed by atoms with E-state index in [4.69, 9.17) is 4.98 Å². The number of pyridine rings is 2. The van der Waals surface area contributed by atoms with E-state index in [-0.39, 0.29) is 0 Å². The van der Waals surface area contributed by atoms with Gasteiger partial charge in [-0.3, -0.25) is 4.98 Å². The molecule has 2 aliphatic rings. The summed E-state index contributed by atoms with van der Waals surface area (Å²) in [5.41, 5.74) is 3.27. The lowest BCUT2D eigenvalue weighted by Gasteiger charge is -2.33. The molecular weight excluding hydrogens is 400 g/mol.